The predicted molar refractivity (Wildman–Crippen MR) is 45.5 cm³/mol. The van der Waals surface area contributed by atoms with Gasteiger partial charge in [0.15, 0.2) is 5.22 Å². The van der Waals surface area contributed by atoms with Gasteiger partial charge in [0.25, 0.3) is 0 Å². The molecule has 1 aromatic heterocycles. The van der Waals surface area contributed by atoms with Crippen molar-refractivity contribution >= 4 is 11.6 Å². The minimum atomic E-state index is -0.0266. The molecule has 3 heteroatoms. The van der Waals surface area contributed by atoms with Crippen molar-refractivity contribution in [1.82, 2.24) is 0 Å². The highest BCUT2D eigenvalue weighted by Gasteiger charge is 2.15. The van der Waals surface area contributed by atoms with Gasteiger partial charge < -0.3 is 10.2 Å². The lowest BCUT2D eigenvalue weighted by Gasteiger charge is -2.13. The lowest BCUT2D eigenvalue weighted by Crippen LogP contribution is -2.16. The van der Waals surface area contributed by atoms with Crippen molar-refractivity contribution in [2.75, 3.05) is 0 Å². The smallest absolute Gasteiger partial charge is 0.197 e. The van der Waals surface area contributed by atoms with E-state index in [2.05, 4.69) is 0 Å². The average Bonchev–Trinajstić information content (AvgIpc) is 2.33. The van der Waals surface area contributed by atoms with Crippen molar-refractivity contribution in [3.05, 3.63) is 23.1 Å². The van der Waals surface area contributed by atoms with E-state index in [0.717, 1.165) is 5.56 Å². The summed E-state index contributed by atoms with van der Waals surface area (Å²) in [6.07, 6.45) is 1.56. The zero-order valence-corrected chi connectivity index (χ0v) is 7.43. The lowest BCUT2D eigenvalue weighted by atomic mass is 10.00. The Bertz CT molecular complexity index is 232. The highest BCUT2D eigenvalue weighted by Crippen LogP contribution is 2.26. The van der Waals surface area contributed by atoms with Crippen LogP contribution in [0.4, 0.5) is 0 Å². The Morgan fingerprint density at radius 3 is 2.55 bits per heavy atom. The zero-order valence-electron chi connectivity index (χ0n) is 6.67. The molecule has 0 aliphatic heterocycles. The molecule has 1 atom stereocenters. The molecule has 62 valence electrons. The number of hydrogen-bond acceptors (Lipinski definition) is 2. The number of nitrogens with two attached hydrogens (primary N) is 1. The van der Waals surface area contributed by atoms with Crippen LogP contribution in [-0.2, 0) is 0 Å². The summed E-state index contributed by atoms with van der Waals surface area (Å²) in [5, 5.41) is 0.409. The first kappa shape index (κ1) is 8.62. The molecule has 0 bridgehead atoms. The molecule has 0 radical (unpaired) electrons. The Hall–Kier alpha value is -0.470. The third kappa shape index (κ3) is 1.76. The second-order valence-electron chi connectivity index (χ2n) is 2.92. The molecule has 0 saturated heterocycles. The summed E-state index contributed by atoms with van der Waals surface area (Å²) in [4.78, 5) is 0. The standard InChI is InChI=1S/C8H12ClNO/c1-5(2)7(10)6-3-4-11-8(6)9/h3-5,7H,10H2,1-2H3/t7-/m0/s1. The van der Waals surface area contributed by atoms with Gasteiger partial charge in [-0.1, -0.05) is 13.8 Å². The Labute approximate surface area is 71.3 Å². The maximum Gasteiger partial charge on any atom is 0.197 e. The van der Waals surface area contributed by atoms with Crippen LogP contribution < -0.4 is 5.73 Å². The molecule has 0 amide bonds. The molecule has 2 N–H and O–H groups in total. The molecule has 1 rings (SSSR count). The van der Waals surface area contributed by atoms with Crippen LogP contribution in [0.25, 0.3) is 0 Å². The molecule has 0 saturated carbocycles. The molecule has 0 fully saturated rings. The topological polar surface area (TPSA) is 39.2 Å². The van der Waals surface area contributed by atoms with E-state index in [4.69, 9.17) is 21.8 Å². The third-order valence-electron chi connectivity index (χ3n) is 1.72. The second-order valence-corrected chi connectivity index (χ2v) is 3.26. The summed E-state index contributed by atoms with van der Waals surface area (Å²) in [6.45, 7) is 4.10. The molecule has 2 nitrogen and oxygen atoms in total. The highest BCUT2D eigenvalue weighted by atomic mass is 35.5. The summed E-state index contributed by atoms with van der Waals surface area (Å²) in [6, 6.07) is 1.79. The lowest BCUT2D eigenvalue weighted by molar-refractivity contribution is 0.501. The van der Waals surface area contributed by atoms with Gasteiger partial charge in [0, 0.05) is 11.6 Å². The van der Waals surface area contributed by atoms with Crippen LogP contribution in [0.2, 0.25) is 5.22 Å². The summed E-state index contributed by atoms with van der Waals surface area (Å²) >= 11 is 5.73. The highest BCUT2D eigenvalue weighted by molar-refractivity contribution is 6.29. The largest absolute Gasteiger partial charge is 0.453 e. The molecule has 0 aliphatic carbocycles. The molecule has 1 aromatic rings. The Morgan fingerprint density at radius 2 is 2.18 bits per heavy atom. The van der Waals surface area contributed by atoms with E-state index < -0.39 is 0 Å². The average molecular weight is 174 g/mol. The molecule has 0 unspecified atom stereocenters. The maximum absolute atomic E-state index is 5.84. The fourth-order valence-corrected chi connectivity index (χ4v) is 1.14. The fraction of sp³-hybridized carbons (Fsp3) is 0.500. The van der Waals surface area contributed by atoms with E-state index in [-0.39, 0.29) is 6.04 Å². The van der Waals surface area contributed by atoms with Crippen molar-refractivity contribution in [1.29, 1.82) is 0 Å². The van der Waals surface area contributed by atoms with Crippen LogP contribution in [0.5, 0.6) is 0 Å². The van der Waals surface area contributed by atoms with E-state index in [1.165, 1.54) is 0 Å². The quantitative estimate of drug-likeness (QED) is 0.747. The summed E-state index contributed by atoms with van der Waals surface area (Å²) in [5.41, 5.74) is 6.73. The first-order valence-electron chi connectivity index (χ1n) is 3.61. The van der Waals surface area contributed by atoms with Gasteiger partial charge in [-0.25, -0.2) is 0 Å². The number of rotatable bonds is 2. The number of furan rings is 1. The first-order valence-corrected chi connectivity index (χ1v) is 3.99. The Kier molecular flexibility index (Phi) is 2.58. The van der Waals surface area contributed by atoms with Crippen molar-refractivity contribution < 1.29 is 4.42 Å². The van der Waals surface area contributed by atoms with Gasteiger partial charge in [0.2, 0.25) is 0 Å². The molecule has 0 aromatic carbocycles. The van der Waals surface area contributed by atoms with Crippen LogP contribution >= 0.6 is 11.6 Å². The van der Waals surface area contributed by atoms with Crippen molar-refractivity contribution in [2.45, 2.75) is 19.9 Å². The van der Waals surface area contributed by atoms with E-state index in [0.29, 0.717) is 11.1 Å². The first-order chi connectivity index (χ1) is 5.13. The molecule has 11 heavy (non-hydrogen) atoms. The predicted octanol–water partition coefficient (Wildman–Crippen LogP) is 2.59. The molecule has 0 aliphatic rings. The number of hydrogen-bond donors (Lipinski definition) is 1. The van der Waals surface area contributed by atoms with Crippen molar-refractivity contribution in [3.63, 3.8) is 0 Å². The van der Waals surface area contributed by atoms with Crippen LogP contribution in [0.15, 0.2) is 16.7 Å². The van der Waals surface area contributed by atoms with Gasteiger partial charge in [-0.05, 0) is 23.6 Å². The molecular formula is C8H12ClNO. The molecule has 0 spiro atoms. The molecular weight excluding hydrogens is 162 g/mol. The van der Waals surface area contributed by atoms with Gasteiger partial charge in [0.1, 0.15) is 0 Å². The fourth-order valence-electron chi connectivity index (χ4n) is 0.902. The summed E-state index contributed by atoms with van der Waals surface area (Å²) in [5.74, 6) is 0.380. The van der Waals surface area contributed by atoms with Crippen molar-refractivity contribution in [2.24, 2.45) is 11.7 Å². The van der Waals surface area contributed by atoms with Gasteiger partial charge in [-0.3, -0.25) is 0 Å². The van der Waals surface area contributed by atoms with E-state index in [1.807, 2.05) is 19.9 Å². The van der Waals surface area contributed by atoms with E-state index in [9.17, 15) is 0 Å². The molecule has 1 heterocycles. The Morgan fingerprint density at radius 1 is 1.55 bits per heavy atom. The monoisotopic (exact) mass is 173 g/mol. The van der Waals surface area contributed by atoms with Crippen molar-refractivity contribution in [3.8, 4) is 0 Å². The zero-order chi connectivity index (χ0) is 8.43. The van der Waals surface area contributed by atoms with Crippen LogP contribution in [-0.4, -0.2) is 0 Å². The van der Waals surface area contributed by atoms with Crippen LogP contribution in [0, 0.1) is 5.92 Å². The summed E-state index contributed by atoms with van der Waals surface area (Å²) in [7, 11) is 0. The van der Waals surface area contributed by atoms with Crippen LogP contribution in [0.3, 0.4) is 0 Å². The van der Waals surface area contributed by atoms with Gasteiger partial charge in [0.05, 0.1) is 6.26 Å². The minimum Gasteiger partial charge on any atom is -0.453 e. The third-order valence-corrected chi connectivity index (χ3v) is 2.03. The van der Waals surface area contributed by atoms with Crippen LogP contribution in [0.1, 0.15) is 25.5 Å². The van der Waals surface area contributed by atoms with Gasteiger partial charge in [-0.2, -0.15) is 0 Å². The summed E-state index contributed by atoms with van der Waals surface area (Å²) < 4.78 is 4.92. The maximum atomic E-state index is 5.84. The van der Waals surface area contributed by atoms with Gasteiger partial charge in [-0.15, -0.1) is 0 Å². The van der Waals surface area contributed by atoms with Gasteiger partial charge >= 0.3 is 0 Å². The SMILES string of the molecule is CC(C)[C@H](N)c1ccoc1Cl. The van der Waals surface area contributed by atoms with E-state index >= 15 is 0 Å². The second kappa shape index (κ2) is 3.28. The minimum absolute atomic E-state index is 0.0266. The Balaban J connectivity index is 2.84. The number of halogens is 1. The normalized spacial score (nSPS) is 13.9. The van der Waals surface area contributed by atoms with E-state index in [1.54, 1.807) is 6.26 Å².